The molecule has 1 aromatic carbocycles. The number of ketones is 1. The smallest absolute Gasteiger partial charge is 0.420 e. The predicted octanol–water partition coefficient (Wildman–Crippen LogP) is 6.89. The monoisotopic (exact) mass is 598 g/mol. The Hall–Kier alpha value is -4.61. The third-order valence-corrected chi connectivity index (χ3v) is 7.40. The SMILES string of the molecule is Cc1c(CCC(=O)/C=C/c2ccc(N)nc2)oc2c(C(F)(F)F)cc(-c3ccc(C(=O)N4CCC(F)(F)CC4)cn3)cc12. The molecule has 1 aliphatic rings. The molecule has 2 N–H and O–H groups in total. The fourth-order valence-electron chi connectivity index (χ4n) is 4.90. The number of aromatic nitrogens is 2. The second kappa shape index (κ2) is 11.6. The standard InChI is InChI=1S/C31H27F5N4O3/c1-18-23-14-21(25-7-4-20(17-38-25)29(42)40-12-10-30(32,33)11-13-40)15-24(31(34,35)36)28(23)43-26(18)8-6-22(41)5-2-19-3-9-27(37)39-16-19/h2-5,7,9,14-17H,6,8,10-13H2,1H3,(H2,37,39)/b5-2+. The molecule has 4 heterocycles. The molecular weight excluding hydrogens is 571 g/mol. The van der Waals surface area contributed by atoms with E-state index in [9.17, 15) is 31.5 Å². The number of carbonyl (C=O) groups is 2. The maximum Gasteiger partial charge on any atom is 0.420 e. The van der Waals surface area contributed by atoms with Crippen LogP contribution in [0.2, 0.25) is 0 Å². The molecule has 5 rings (SSSR count). The number of nitrogens with zero attached hydrogens (tertiary/aromatic N) is 3. The van der Waals surface area contributed by atoms with Gasteiger partial charge in [-0.25, -0.2) is 13.8 Å². The Morgan fingerprint density at radius 1 is 1.07 bits per heavy atom. The number of likely N-dealkylation sites (tertiary alicyclic amines) is 1. The summed E-state index contributed by atoms with van der Waals surface area (Å²) in [6.07, 6.45) is 0.190. The number of rotatable bonds is 7. The molecule has 1 aliphatic heterocycles. The fraction of sp³-hybridized carbons (Fsp3) is 0.290. The van der Waals surface area contributed by atoms with E-state index < -0.39 is 36.4 Å². The third-order valence-electron chi connectivity index (χ3n) is 7.40. The summed E-state index contributed by atoms with van der Waals surface area (Å²) in [6.45, 7) is 1.44. The lowest BCUT2D eigenvalue weighted by Crippen LogP contribution is -2.42. The van der Waals surface area contributed by atoms with Crippen LogP contribution in [0.5, 0.6) is 0 Å². The Morgan fingerprint density at radius 3 is 2.44 bits per heavy atom. The molecule has 3 aromatic heterocycles. The number of piperidine rings is 1. The van der Waals surface area contributed by atoms with Crippen molar-refractivity contribution in [3.63, 3.8) is 0 Å². The van der Waals surface area contributed by atoms with Gasteiger partial charge in [0.15, 0.2) is 5.78 Å². The van der Waals surface area contributed by atoms with E-state index in [1.807, 2.05) is 0 Å². The second-order valence-electron chi connectivity index (χ2n) is 10.4. The molecule has 12 heteroatoms. The van der Waals surface area contributed by atoms with Crippen LogP contribution in [0.15, 0.2) is 59.3 Å². The lowest BCUT2D eigenvalue weighted by atomic mass is 10.00. The van der Waals surface area contributed by atoms with Crippen LogP contribution in [-0.2, 0) is 17.4 Å². The summed E-state index contributed by atoms with van der Waals surface area (Å²) in [6, 6.07) is 8.59. The van der Waals surface area contributed by atoms with Crippen molar-refractivity contribution in [1.29, 1.82) is 0 Å². The zero-order valence-corrected chi connectivity index (χ0v) is 23.0. The van der Waals surface area contributed by atoms with Crippen LogP contribution in [-0.4, -0.2) is 45.6 Å². The number of fused-ring (bicyclic) bond motifs is 1. The van der Waals surface area contributed by atoms with Gasteiger partial charge in [-0.1, -0.05) is 0 Å². The van der Waals surface area contributed by atoms with E-state index in [1.165, 1.54) is 41.6 Å². The van der Waals surface area contributed by atoms with Gasteiger partial charge in [0.05, 0.1) is 16.8 Å². The molecule has 43 heavy (non-hydrogen) atoms. The minimum atomic E-state index is -4.74. The van der Waals surface area contributed by atoms with Gasteiger partial charge in [0.2, 0.25) is 0 Å². The van der Waals surface area contributed by atoms with Gasteiger partial charge in [0, 0.05) is 62.1 Å². The van der Waals surface area contributed by atoms with Crippen LogP contribution >= 0.6 is 0 Å². The zero-order chi connectivity index (χ0) is 30.9. The van der Waals surface area contributed by atoms with Gasteiger partial charge >= 0.3 is 6.18 Å². The fourth-order valence-corrected chi connectivity index (χ4v) is 4.90. The third kappa shape index (κ3) is 6.73. The minimum absolute atomic E-state index is 0.0134. The first-order chi connectivity index (χ1) is 20.3. The number of halogens is 5. The lowest BCUT2D eigenvalue weighted by molar-refractivity contribution is -0.136. The predicted molar refractivity (Wildman–Crippen MR) is 150 cm³/mol. The van der Waals surface area contributed by atoms with E-state index in [1.54, 1.807) is 25.1 Å². The number of aryl methyl sites for hydroxylation is 2. The summed E-state index contributed by atoms with van der Waals surface area (Å²) in [5.74, 6) is -2.91. The van der Waals surface area contributed by atoms with E-state index in [-0.39, 0.29) is 65.3 Å². The average molecular weight is 599 g/mol. The average Bonchev–Trinajstić information content (AvgIpc) is 3.29. The highest BCUT2D eigenvalue weighted by molar-refractivity contribution is 5.95. The number of hydrogen-bond donors (Lipinski definition) is 1. The summed E-state index contributed by atoms with van der Waals surface area (Å²) < 4.78 is 75.0. The van der Waals surface area contributed by atoms with Crippen LogP contribution in [0, 0.1) is 6.92 Å². The van der Waals surface area contributed by atoms with Crippen LogP contribution in [0.4, 0.5) is 27.8 Å². The highest BCUT2D eigenvalue weighted by Gasteiger charge is 2.37. The van der Waals surface area contributed by atoms with Crippen LogP contribution in [0.1, 0.15) is 52.1 Å². The molecule has 1 saturated heterocycles. The molecule has 224 valence electrons. The summed E-state index contributed by atoms with van der Waals surface area (Å²) in [5.41, 5.74) is 5.86. The van der Waals surface area contributed by atoms with Crippen molar-refractivity contribution in [2.75, 3.05) is 18.8 Å². The van der Waals surface area contributed by atoms with E-state index in [2.05, 4.69) is 9.97 Å². The molecule has 7 nitrogen and oxygen atoms in total. The Balaban J connectivity index is 1.37. The van der Waals surface area contributed by atoms with Crippen LogP contribution < -0.4 is 5.73 Å². The molecule has 0 atom stereocenters. The number of alkyl halides is 5. The highest BCUT2D eigenvalue weighted by Crippen LogP contribution is 2.41. The first-order valence-electron chi connectivity index (χ1n) is 13.5. The second-order valence-corrected chi connectivity index (χ2v) is 10.4. The quantitative estimate of drug-likeness (QED) is 0.184. The summed E-state index contributed by atoms with van der Waals surface area (Å²) >= 11 is 0. The maximum absolute atomic E-state index is 14.1. The number of carbonyl (C=O) groups excluding carboxylic acids is 2. The van der Waals surface area contributed by atoms with Gasteiger partial charge in [0.25, 0.3) is 11.8 Å². The molecule has 0 unspecified atom stereocenters. The van der Waals surface area contributed by atoms with Gasteiger partial charge in [0.1, 0.15) is 17.2 Å². The Labute approximate surface area is 243 Å². The summed E-state index contributed by atoms with van der Waals surface area (Å²) in [4.78, 5) is 34.6. The van der Waals surface area contributed by atoms with Crippen molar-refractivity contribution in [1.82, 2.24) is 14.9 Å². The molecule has 0 saturated carbocycles. The van der Waals surface area contributed by atoms with Gasteiger partial charge in [-0.15, -0.1) is 0 Å². The van der Waals surface area contributed by atoms with Crippen molar-refractivity contribution in [2.45, 2.75) is 44.7 Å². The molecule has 0 radical (unpaired) electrons. The van der Waals surface area contributed by atoms with Crippen molar-refractivity contribution < 1.29 is 36.0 Å². The van der Waals surface area contributed by atoms with Gasteiger partial charge in [-0.2, -0.15) is 13.2 Å². The zero-order valence-electron chi connectivity index (χ0n) is 23.0. The number of furan rings is 1. The molecule has 0 bridgehead atoms. The number of nitrogens with two attached hydrogens (primary N) is 1. The molecule has 4 aromatic rings. The van der Waals surface area contributed by atoms with Crippen molar-refractivity contribution in [3.05, 3.63) is 82.9 Å². The normalized spacial score (nSPS) is 15.3. The van der Waals surface area contributed by atoms with Crippen LogP contribution in [0.25, 0.3) is 28.3 Å². The molecule has 0 aliphatic carbocycles. The molecule has 1 amide bonds. The topological polar surface area (TPSA) is 102 Å². The van der Waals surface area contributed by atoms with E-state index in [0.29, 0.717) is 16.9 Å². The maximum atomic E-state index is 14.1. The number of amides is 1. The largest absolute Gasteiger partial charge is 0.460 e. The van der Waals surface area contributed by atoms with E-state index in [0.717, 1.165) is 6.07 Å². The molecule has 1 fully saturated rings. The summed E-state index contributed by atoms with van der Waals surface area (Å²) in [7, 11) is 0. The number of nitrogen functional groups attached to an aromatic ring is 1. The molecule has 0 spiro atoms. The van der Waals surface area contributed by atoms with E-state index >= 15 is 0 Å². The van der Waals surface area contributed by atoms with Gasteiger partial charge < -0.3 is 15.1 Å². The Morgan fingerprint density at radius 2 is 1.81 bits per heavy atom. The number of pyridine rings is 2. The number of hydrogen-bond acceptors (Lipinski definition) is 6. The first kappa shape index (κ1) is 29.9. The summed E-state index contributed by atoms with van der Waals surface area (Å²) in [5, 5.41) is 0.229. The van der Waals surface area contributed by atoms with Crippen molar-refractivity contribution in [2.24, 2.45) is 0 Å². The Kier molecular flexibility index (Phi) is 8.04. The number of allylic oxidation sites excluding steroid dienone is 1. The van der Waals surface area contributed by atoms with E-state index in [4.69, 9.17) is 10.2 Å². The first-order valence-corrected chi connectivity index (χ1v) is 13.5. The lowest BCUT2D eigenvalue weighted by Gasteiger charge is -2.31. The number of benzene rings is 1. The van der Waals surface area contributed by atoms with Crippen LogP contribution in [0.3, 0.4) is 0 Å². The van der Waals surface area contributed by atoms with Gasteiger partial charge in [-0.3, -0.25) is 14.6 Å². The van der Waals surface area contributed by atoms with Gasteiger partial charge in [-0.05, 0) is 66.6 Å². The number of anilines is 1. The van der Waals surface area contributed by atoms with Crippen molar-refractivity contribution >= 4 is 34.6 Å². The molecular formula is C31H27F5N4O3. The Bertz CT molecular complexity index is 1680. The van der Waals surface area contributed by atoms with Crippen molar-refractivity contribution in [3.8, 4) is 11.3 Å². The highest BCUT2D eigenvalue weighted by atomic mass is 19.4. The minimum Gasteiger partial charge on any atom is -0.460 e.